The normalized spacial score (nSPS) is 11.0. The number of aromatic nitrogens is 5. The summed E-state index contributed by atoms with van der Waals surface area (Å²) in [4.78, 5) is 1.39. The number of benzene rings is 1. The molecule has 0 radical (unpaired) electrons. The lowest BCUT2D eigenvalue weighted by Gasteiger charge is -2.06. The zero-order valence-corrected chi connectivity index (χ0v) is 15.2. The summed E-state index contributed by atoms with van der Waals surface area (Å²) in [5.41, 5.74) is 2.33. The Morgan fingerprint density at radius 1 is 1.08 bits per heavy atom. The van der Waals surface area contributed by atoms with Gasteiger partial charge in [-0.1, -0.05) is 30.0 Å². The van der Waals surface area contributed by atoms with E-state index in [4.69, 9.17) is 0 Å². The summed E-state index contributed by atoms with van der Waals surface area (Å²) in [6.45, 7) is 0.911. The molecule has 4 aromatic rings. The van der Waals surface area contributed by atoms with E-state index < -0.39 is 0 Å². The van der Waals surface area contributed by atoms with Gasteiger partial charge in [-0.15, -0.1) is 21.5 Å². The van der Waals surface area contributed by atoms with Crippen molar-refractivity contribution in [1.29, 1.82) is 0 Å². The van der Waals surface area contributed by atoms with Crippen molar-refractivity contribution in [3.8, 4) is 5.69 Å². The van der Waals surface area contributed by atoms with Crippen LogP contribution in [0.1, 0.15) is 10.4 Å². The predicted molar refractivity (Wildman–Crippen MR) is 101 cm³/mol. The van der Waals surface area contributed by atoms with Crippen LogP contribution in [0.4, 0.5) is 0 Å². The van der Waals surface area contributed by atoms with Crippen molar-refractivity contribution < 1.29 is 0 Å². The van der Waals surface area contributed by atoms with Crippen molar-refractivity contribution in [1.82, 2.24) is 24.5 Å². The first-order valence-electron chi connectivity index (χ1n) is 8.00. The number of rotatable bonds is 7. The lowest BCUT2D eigenvalue weighted by Crippen LogP contribution is -2.01. The van der Waals surface area contributed by atoms with E-state index in [1.807, 2.05) is 23.3 Å². The molecule has 3 aromatic heterocycles. The third-order valence-electron chi connectivity index (χ3n) is 3.83. The van der Waals surface area contributed by atoms with Gasteiger partial charge >= 0.3 is 0 Å². The van der Waals surface area contributed by atoms with Gasteiger partial charge in [-0.2, -0.15) is 5.10 Å². The van der Waals surface area contributed by atoms with E-state index in [-0.39, 0.29) is 0 Å². The SMILES string of the molecule is c1csc(CCn2cnnc2SCc2ccc(-n3cccn3)cc2)c1. The van der Waals surface area contributed by atoms with Crippen LogP contribution < -0.4 is 0 Å². The molecule has 126 valence electrons. The van der Waals surface area contributed by atoms with Gasteiger partial charge in [-0.25, -0.2) is 4.68 Å². The highest BCUT2D eigenvalue weighted by atomic mass is 32.2. The first kappa shape index (κ1) is 16.1. The Balaban J connectivity index is 1.36. The first-order chi connectivity index (χ1) is 12.4. The quantitative estimate of drug-likeness (QED) is 0.462. The Bertz CT molecular complexity index is 896. The van der Waals surface area contributed by atoms with Gasteiger partial charge in [-0.3, -0.25) is 0 Å². The highest BCUT2D eigenvalue weighted by Gasteiger charge is 2.06. The van der Waals surface area contributed by atoms with Gasteiger partial charge in [0.2, 0.25) is 0 Å². The van der Waals surface area contributed by atoms with Gasteiger partial charge in [0.15, 0.2) is 5.16 Å². The molecule has 0 amide bonds. The molecule has 7 heteroatoms. The fourth-order valence-electron chi connectivity index (χ4n) is 2.51. The second-order valence-corrected chi connectivity index (χ2v) is 7.52. The lowest BCUT2D eigenvalue weighted by molar-refractivity contribution is 0.637. The van der Waals surface area contributed by atoms with E-state index in [1.54, 1.807) is 29.3 Å². The predicted octanol–water partition coefficient (Wildman–Crippen LogP) is 4.06. The minimum absolute atomic E-state index is 0.872. The number of thiophene rings is 1. The van der Waals surface area contributed by atoms with E-state index in [9.17, 15) is 0 Å². The number of hydrogen-bond acceptors (Lipinski definition) is 5. The molecule has 0 atom stereocenters. The highest BCUT2D eigenvalue weighted by molar-refractivity contribution is 7.98. The van der Waals surface area contributed by atoms with E-state index in [2.05, 4.69) is 61.6 Å². The van der Waals surface area contributed by atoms with Crippen LogP contribution in [-0.4, -0.2) is 24.5 Å². The van der Waals surface area contributed by atoms with Crippen LogP contribution >= 0.6 is 23.1 Å². The van der Waals surface area contributed by atoms with Crippen LogP contribution in [0.2, 0.25) is 0 Å². The van der Waals surface area contributed by atoms with Crippen molar-refractivity contribution in [3.63, 3.8) is 0 Å². The fourth-order valence-corrected chi connectivity index (χ4v) is 4.10. The minimum Gasteiger partial charge on any atom is -0.308 e. The molecule has 0 aliphatic carbocycles. The maximum atomic E-state index is 4.25. The van der Waals surface area contributed by atoms with Gasteiger partial charge in [0.05, 0.1) is 5.69 Å². The Hall–Kier alpha value is -2.38. The summed E-state index contributed by atoms with van der Waals surface area (Å²) in [6.07, 6.45) is 6.56. The summed E-state index contributed by atoms with van der Waals surface area (Å²) in [6, 6.07) is 14.6. The molecule has 0 N–H and O–H groups in total. The van der Waals surface area contributed by atoms with Crippen molar-refractivity contribution in [2.75, 3.05) is 0 Å². The molecule has 0 aliphatic heterocycles. The first-order valence-corrected chi connectivity index (χ1v) is 9.87. The molecule has 1 aromatic carbocycles. The smallest absolute Gasteiger partial charge is 0.191 e. The summed E-state index contributed by atoms with van der Waals surface area (Å²) in [5.74, 6) is 0.872. The molecular weight excluding hydrogens is 350 g/mol. The Labute approximate surface area is 154 Å². The third kappa shape index (κ3) is 4.00. The molecule has 0 saturated carbocycles. The van der Waals surface area contributed by atoms with Crippen molar-refractivity contribution in [2.24, 2.45) is 0 Å². The summed E-state index contributed by atoms with van der Waals surface area (Å²) in [7, 11) is 0. The van der Waals surface area contributed by atoms with E-state index in [0.29, 0.717) is 0 Å². The molecule has 0 spiro atoms. The van der Waals surface area contributed by atoms with E-state index >= 15 is 0 Å². The Kier molecular flexibility index (Phi) is 4.94. The third-order valence-corrected chi connectivity index (χ3v) is 5.82. The topological polar surface area (TPSA) is 48.5 Å². The minimum atomic E-state index is 0.872. The van der Waals surface area contributed by atoms with Crippen molar-refractivity contribution >= 4 is 23.1 Å². The van der Waals surface area contributed by atoms with Gasteiger partial charge in [0.1, 0.15) is 6.33 Å². The molecule has 5 nitrogen and oxygen atoms in total. The molecule has 0 unspecified atom stereocenters. The van der Waals surface area contributed by atoms with Gasteiger partial charge in [0, 0.05) is 29.6 Å². The molecule has 0 saturated heterocycles. The van der Waals surface area contributed by atoms with Gasteiger partial charge in [0.25, 0.3) is 0 Å². The average Bonchev–Trinajstić information content (AvgIpc) is 3.41. The van der Waals surface area contributed by atoms with Gasteiger partial charge < -0.3 is 4.57 Å². The van der Waals surface area contributed by atoms with Gasteiger partial charge in [-0.05, 0) is 41.6 Å². The molecular formula is C18H17N5S2. The van der Waals surface area contributed by atoms with Crippen LogP contribution in [0, 0.1) is 0 Å². The Morgan fingerprint density at radius 2 is 2.00 bits per heavy atom. The number of hydrogen-bond donors (Lipinski definition) is 0. The van der Waals surface area contributed by atoms with Crippen molar-refractivity contribution in [3.05, 3.63) is 77.0 Å². The van der Waals surface area contributed by atoms with Crippen LogP contribution in [0.5, 0.6) is 0 Å². The summed E-state index contributed by atoms with van der Waals surface area (Å²) in [5, 5.41) is 15.6. The van der Waals surface area contributed by atoms with Crippen LogP contribution in [-0.2, 0) is 18.7 Å². The number of aryl methyl sites for hydroxylation is 2. The number of thioether (sulfide) groups is 1. The summed E-state index contributed by atoms with van der Waals surface area (Å²) < 4.78 is 3.99. The van der Waals surface area contributed by atoms with E-state index in [0.717, 1.165) is 29.6 Å². The molecule has 4 rings (SSSR count). The number of nitrogens with zero attached hydrogens (tertiary/aromatic N) is 5. The molecule has 0 aliphatic rings. The standard InChI is InChI=1S/C18H17N5S2/c1-3-17(24-12-1)8-11-22-14-19-21-18(22)25-13-15-4-6-16(7-5-15)23-10-2-9-20-23/h1-7,9-10,12,14H,8,11,13H2. The second kappa shape index (κ2) is 7.67. The van der Waals surface area contributed by atoms with Crippen LogP contribution in [0.25, 0.3) is 5.69 Å². The zero-order chi connectivity index (χ0) is 16.9. The fraction of sp³-hybridized carbons (Fsp3) is 0.167. The monoisotopic (exact) mass is 367 g/mol. The largest absolute Gasteiger partial charge is 0.308 e. The van der Waals surface area contributed by atoms with E-state index in [1.165, 1.54) is 10.4 Å². The van der Waals surface area contributed by atoms with Crippen molar-refractivity contribution in [2.45, 2.75) is 23.9 Å². The summed E-state index contributed by atoms with van der Waals surface area (Å²) >= 11 is 3.51. The molecule has 0 fully saturated rings. The molecule has 0 bridgehead atoms. The average molecular weight is 368 g/mol. The Morgan fingerprint density at radius 3 is 2.76 bits per heavy atom. The maximum Gasteiger partial charge on any atom is 0.191 e. The maximum absolute atomic E-state index is 4.25. The zero-order valence-electron chi connectivity index (χ0n) is 13.5. The molecule has 3 heterocycles. The van der Waals surface area contributed by atoms with Crippen LogP contribution in [0.3, 0.4) is 0 Å². The highest BCUT2D eigenvalue weighted by Crippen LogP contribution is 2.22. The lowest BCUT2D eigenvalue weighted by atomic mass is 10.2. The van der Waals surface area contributed by atoms with Crippen LogP contribution in [0.15, 0.2) is 71.7 Å². The second-order valence-electron chi connectivity index (χ2n) is 5.54. The molecule has 25 heavy (non-hydrogen) atoms.